The minimum absolute atomic E-state index is 0.542. The van der Waals surface area contributed by atoms with E-state index < -0.39 is 0 Å². The van der Waals surface area contributed by atoms with Crippen molar-refractivity contribution in [3.8, 4) is 5.75 Å². The molecule has 1 aliphatic carbocycles. The molecule has 4 rings (SSSR count). The van der Waals surface area contributed by atoms with Crippen LogP contribution in [0.2, 0.25) is 0 Å². The fourth-order valence-electron chi connectivity index (χ4n) is 3.49. The second kappa shape index (κ2) is 7.72. The van der Waals surface area contributed by atoms with Gasteiger partial charge in [0.25, 0.3) is 0 Å². The van der Waals surface area contributed by atoms with Gasteiger partial charge in [-0.1, -0.05) is 6.07 Å². The summed E-state index contributed by atoms with van der Waals surface area (Å²) in [4.78, 5) is 14.2. The molecule has 2 heterocycles. The molecule has 1 aromatic heterocycles. The Labute approximate surface area is 161 Å². The van der Waals surface area contributed by atoms with E-state index in [9.17, 15) is 0 Å². The summed E-state index contributed by atoms with van der Waals surface area (Å²) >= 11 is 0. The van der Waals surface area contributed by atoms with Crippen molar-refractivity contribution in [3.05, 3.63) is 41.2 Å². The molecule has 0 radical (unpaired) electrons. The Morgan fingerprint density at radius 3 is 2.78 bits per heavy atom. The van der Waals surface area contributed by atoms with Crippen molar-refractivity contribution in [2.24, 2.45) is 0 Å². The van der Waals surface area contributed by atoms with Gasteiger partial charge >= 0.3 is 0 Å². The van der Waals surface area contributed by atoms with Crippen LogP contribution < -0.4 is 15.0 Å². The van der Waals surface area contributed by atoms with Crippen LogP contribution in [0, 0.1) is 0 Å². The zero-order valence-corrected chi connectivity index (χ0v) is 16.5. The zero-order valence-electron chi connectivity index (χ0n) is 16.5. The number of nitrogens with zero attached hydrogens (tertiary/aromatic N) is 4. The lowest BCUT2D eigenvalue weighted by molar-refractivity contribution is 0.413. The first-order chi connectivity index (χ1) is 13.1. The average Bonchev–Trinajstić information content (AvgIpc) is 3.52. The van der Waals surface area contributed by atoms with E-state index in [1.807, 2.05) is 6.07 Å². The van der Waals surface area contributed by atoms with Crippen LogP contribution in [-0.4, -0.2) is 55.7 Å². The summed E-state index contributed by atoms with van der Waals surface area (Å²) in [6.45, 7) is 3.73. The second-order valence-corrected chi connectivity index (χ2v) is 7.78. The summed E-state index contributed by atoms with van der Waals surface area (Å²) < 4.78 is 5.36. The molecule has 1 aromatic carbocycles. The molecule has 0 atom stereocenters. The molecule has 6 heteroatoms. The number of rotatable bonds is 7. The smallest absolute Gasteiger partial charge is 0.136 e. The maximum absolute atomic E-state index is 5.36. The molecule has 6 nitrogen and oxygen atoms in total. The van der Waals surface area contributed by atoms with Crippen LogP contribution >= 0.6 is 0 Å². The lowest BCUT2D eigenvalue weighted by Crippen LogP contribution is -2.31. The van der Waals surface area contributed by atoms with Crippen molar-refractivity contribution in [1.29, 1.82) is 0 Å². The number of anilines is 2. The third-order valence-electron chi connectivity index (χ3n) is 5.29. The van der Waals surface area contributed by atoms with Gasteiger partial charge in [-0.15, -0.1) is 0 Å². The summed E-state index contributed by atoms with van der Waals surface area (Å²) in [6.07, 6.45) is 3.44. The summed E-state index contributed by atoms with van der Waals surface area (Å²) in [6, 6.07) is 8.50. The number of aromatic nitrogens is 2. The Bertz CT molecular complexity index is 803. The van der Waals surface area contributed by atoms with Gasteiger partial charge in [-0.25, -0.2) is 9.97 Å². The number of hydrogen-bond donors (Lipinski definition) is 1. The molecule has 27 heavy (non-hydrogen) atoms. The van der Waals surface area contributed by atoms with Gasteiger partial charge in [0.1, 0.15) is 23.2 Å². The molecule has 2 aliphatic rings. The molecule has 1 aliphatic heterocycles. The normalized spacial score (nSPS) is 16.4. The van der Waals surface area contributed by atoms with Crippen LogP contribution in [0.4, 0.5) is 11.6 Å². The molecule has 2 aromatic rings. The lowest BCUT2D eigenvalue weighted by Gasteiger charge is -2.30. The predicted molar refractivity (Wildman–Crippen MR) is 109 cm³/mol. The Hall–Kier alpha value is -2.34. The van der Waals surface area contributed by atoms with Gasteiger partial charge in [0.2, 0.25) is 0 Å². The van der Waals surface area contributed by atoms with E-state index in [0.717, 1.165) is 55.8 Å². The maximum Gasteiger partial charge on any atom is 0.136 e. The number of likely N-dealkylation sites (N-methyl/N-ethyl adjacent to an activating group) is 1. The minimum atomic E-state index is 0.542. The van der Waals surface area contributed by atoms with Crippen molar-refractivity contribution in [3.63, 3.8) is 0 Å². The summed E-state index contributed by atoms with van der Waals surface area (Å²) in [5, 5.41) is 3.48. The number of nitrogens with one attached hydrogen (secondary N) is 1. The Morgan fingerprint density at radius 1 is 1.19 bits per heavy atom. The van der Waals surface area contributed by atoms with Crippen molar-refractivity contribution in [2.45, 2.75) is 31.7 Å². The number of methoxy groups -OCH3 is 1. The largest absolute Gasteiger partial charge is 0.497 e. The summed E-state index contributed by atoms with van der Waals surface area (Å²) in [5.41, 5.74) is 2.74. The van der Waals surface area contributed by atoms with Crippen molar-refractivity contribution >= 4 is 11.6 Å². The average molecular weight is 367 g/mol. The van der Waals surface area contributed by atoms with Crippen molar-refractivity contribution in [2.75, 3.05) is 51.1 Å². The van der Waals surface area contributed by atoms with E-state index in [2.05, 4.69) is 47.4 Å². The highest BCUT2D eigenvalue weighted by Crippen LogP contribution is 2.39. The molecule has 1 N–H and O–H groups in total. The Balaban J connectivity index is 1.54. The molecule has 1 fully saturated rings. The van der Waals surface area contributed by atoms with Gasteiger partial charge < -0.3 is 19.9 Å². The SMILES string of the molecule is COc1ccc2c(c1)CCN(c1cc(NCCN(C)C)nc(C3CC3)n1)C2. The third kappa shape index (κ3) is 4.33. The first-order valence-corrected chi connectivity index (χ1v) is 9.80. The second-order valence-electron chi connectivity index (χ2n) is 7.78. The number of hydrogen-bond acceptors (Lipinski definition) is 6. The first-order valence-electron chi connectivity index (χ1n) is 9.80. The van der Waals surface area contributed by atoms with Crippen LogP contribution in [-0.2, 0) is 13.0 Å². The molecular weight excluding hydrogens is 338 g/mol. The van der Waals surface area contributed by atoms with Gasteiger partial charge in [-0.05, 0) is 56.6 Å². The van der Waals surface area contributed by atoms with Gasteiger partial charge in [-0.3, -0.25) is 0 Å². The van der Waals surface area contributed by atoms with Crippen LogP contribution in [0.15, 0.2) is 24.3 Å². The third-order valence-corrected chi connectivity index (χ3v) is 5.29. The van der Waals surface area contributed by atoms with Crippen molar-refractivity contribution < 1.29 is 4.74 Å². The molecule has 144 valence electrons. The van der Waals surface area contributed by atoms with E-state index >= 15 is 0 Å². The van der Waals surface area contributed by atoms with E-state index in [0.29, 0.717) is 5.92 Å². The fourth-order valence-corrected chi connectivity index (χ4v) is 3.49. The van der Waals surface area contributed by atoms with Gasteiger partial charge in [-0.2, -0.15) is 0 Å². The number of fused-ring (bicyclic) bond motifs is 1. The highest BCUT2D eigenvalue weighted by molar-refractivity contribution is 5.52. The molecule has 0 amide bonds. The lowest BCUT2D eigenvalue weighted by atomic mass is 9.99. The summed E-state index contributed by atoms with van der Waals surface area (Å²) in [7, 11) is 5.90. The Kier molecular flexibility index (Phi) is 5.16. The highest BCUT2D eigenvalue weighted by Gasteiger charge is 2.28. The Morgan fingerprint density at radius 2 is 2.04 bits per heavy atom. The molecule has 0 saturated heterocycles. The molecule has 1 saturated carbocycles. The van der Waals surface area contributed by atoms with E-state index in [4.69, 9.17) is 14.7 Å². The summed E-state index contributed by atoms with van der Waals surface area (Å²) in [5.74, 6) is 4.47. The van der Waals surface area contributed by atoms with Gasteiger partial charge in [0, 0.05) is 38.2 Å². The number of benzene rings is 1. The maximum atomic E-state index is 5.36. The topological polar surface area (TPSA) is 53.5 Å². The predicted octanol–water partition coefficient (Wildman–Crippen LogP) is 2.90. The standard InChI is InChI=1S/C21H29N5O/c1-25(2)11-9-22-19-13-20(24-21(23-19)15-4-5-15)26-10-8-16-12-18(27-3)7-6-17(16)14-26/h6-7,12-13,15H,4-5,8-11,14H2,1-3H3,(H,22,23,24). The molecule has 0 spiro atoms. The fraction of sp³-hybridized carbons (Fsp3) is 0.524. The van der Waals surface area contributed by atoms with Gasteiger partial charge in [0.15, 0.2) is 0 Å². The van der Waals surface area contributed by atoms with Crippen LogP contribution in [0.3, 0.4) is 0 Å². The molecule has 0 unspecified atom stereocenters. The van der Waals surface area contributed by atoms with Gasteiger partial charge in [0.05, 0.1) is 7.11 Å². The van der Waals surface area contributed by atoms with Crippen molar-refractivity contribution in [1.82, 2.24) is 14.9 Å². The van der Waals surface area contributed by atoms with Crippen LogP contribution in [0.1, 0.15) is 35.7 Å². The molecule has 0 bridgehead atoms. The minimum Gasteiger partial charge on any atom is -0.497 e. The quantitative estimate of drug-likeness (QED) is 0.812. The van der Waals surface area contributed by atoms with Crippen LogP contribution in [0.5, 0.6) is 5.75 Å². The first kappa shape index (κ1) is 18.0. The van der Waals surface area contributed by atoms with E-state index in [1.54, 1.807) is 7.11 Å². The monoisotopic (exact) mass is 367 g/mol. The molecular formula is C21H29N5O. The number of ether oxygens (including phenoxy) is 1. The van der Waals surface area contributed by atoms with Crippen LogP contribution in [0.25, 0.3) is 0 Å². The van der Waals surface area contributed by atoms with E-state index in [1.165, 1.54) is 24.0 Å². The zero-order chi connectivity index (χ0) is 18.8. The highest BCUT2D eigenvalue weighted by atomic mass is 16.5. The van der Waals surface area contributed by atoms with E-state index in [-0.39, 0.29) is 0 Å².